The lowest BCUT2D eigenvalue weighted by molar-refractivity contribution is 0.0362. The first kappa shape index (κ1) is 13.2. The Kier molecular flexibility index (Phi) is 4.09. The molecular formula is C13H17ClN2O2. The summed E-state index contributed by atoms with van der Waals surface area (Å²) in [5.74, 6) is -0.0453. The average Bonchev–Trinajstić information content (AvgIpc) is 2.37. The van der Waals surface area contributed by atoms with Crippen LogP contribution in [0.3, 0.4) is 0 Å². The maximum atomic E-state index is 12.3. The SMILES string of the molecule is CN(C(=O)c1cc(N)cc(Cl)c1)C1CCOCC1. The van der Waals surface area contributed by atoms with Gasteiger partial charge in [0.25, 0.3) is 5.91 Å². The van der Waals surface area contributed by atoms with Crippen molar-refractivity contribution in [3.8, 4) is 0 Å². The van der Waals surface area contributed by atoms with E-state index in [0.29, 0.717) is 29.5 Å². The van der Waals surface area contributed by atoms with Gasteiger partial charge >= 0.3 is 0 Å². The Balaban J connectivity index is 2.14. The van der Waals surface area contributed by atoms with Crippen LogP contribution in [-0.4, -0.2) is 37.1 Å². The second-order valence-electron chi connectivity index (χ2n) is 4.53. The van der Waals surface area contributed by atoms with Crippen LogP contribution < -0.4 is 5.73 Å². The number of halogens is 1. The molecule has 1 aliphatic rings. The molecule has 0 atom stereocenters. The molecular weight excluding hydrogens is 252 g/mol. The molecule has 1 aromatic rings. The third kappa shape index (κ3) is 2.94. The molecule has 1 fully saturated rings. The van der Waals surface area contributed by atoms with E-state index in [-0.39, 0.29) is 11.9 Å². The van der Waals surface area contributed by atoms with Gasteiger partial charge in [-0.3, -0.25) is 4.79 Å². The average molecular weight is 269 g/mol. The molecule has 0 aromatic heterocycles. The summed E-state index contributed by atoms with van der Waals surface area (Å²) in [5, 5.41) is 0.485. The summed E-state index contributed by atoms with van der Waals surface area (Å²) < 4.78 is 5.29. The summed E-state index contributed by atoms with van der Waals surface area (Å²) >= 11 is 5.91. The van der Waals surface area contributed by atoms with Gasteiger partial charge < -0.3 is 15.4 Å². The van der Waals surface area contributed by atoms with Crippen LogP contribution in [0, 0.1) is 0 Å². The lowest BCUT2D eigenvalue weighted by Crippen LogP contribution is -2.40. The van der Waals surface area contributed by atoms with Gasteiger partial charge in [0.2, 0.25) is 0 Å². The van der Waals surface area contributed by atoms with Crippen LogP contribution >= 0.6 is 11.6 Å². The molecule has 0 spiro atoms. The van der Waals surface area contributed by atoms with Gasteiger partial charge in [0, 0.05) is 42.6 Å². The standard InChI is InChI=1S/C13H17ClN2O2/c1-16(12-2-4-18-5-3-12)13(17)9-6-10(14)8-11(15)7-9/h6-8,12H,2-5,15H2,1H3. The molecule has 1 heterocycles. The van der Waals surface area contributed by atoms with E-state index >= 15 is 0 Å². The molecule has 4 nitrogen and oxygen atoms in total. The van der Waals surface area contributed by atoms with Crippen molar-refractivity contribution in [2.75, 3.05) is 26.0 Å². The van der Waals surface area contributed by atoms with Gasteiger partial charge in [-0.1, -0.05) is 11.6 Å². The zero-order valence-electron chi connectivity index (χ0n) is 10.4. The molecule has 0 radical (unpaired) electrons. The van der Waals surface area contributed by atoms with Crippen LogP contribution in [0.15, 0.2) is 18.2 Å². The first-order valence-electron chi connectivity index (χ1n) is 5.99. The normalized spacial score (nSPS) is 16.6. The number of hydrogen-bond acceptors (Lipinski definition) is 3. The molecule has 5 heteroatoms. The minimum atomic E-state index is -0.0453. The number of rotatable bonds is 2. The Labute approximate surface area is 112 Å². The molecule has 2 N–H and O–H groups in total. The molecule has 98 valence electrons. The van der Waals surface area contributed by atoms with Crippen molar-refractivity contribution in [3.05, 3.63) is 28.8 Å². The number of nitrogen functional groups attached to an aromatic ring is 1. The smallest absolute Gasteiger partial charge is 0.253 e. The fourth-order valence-electron chi connectivity index (χ4n) is 2.18. The number of nitrogens with two attached hydrogens (primary N) is 1. The molecule has 18 heavy (non-hydrogen) atoms. The van der Waals surface area contributed by atoms with Gasteiger partial charge in [0.05, 0.1) is 0 Å². The van der Waals surface area contributed by atoms with Crippen LogP contribution in [-0.2, 0) is 4.74 Å². The summed E-state index contributed by atoms with van der Waals surface area (Å²) in [6.07, 6.45) is 1.75. The lowest BCUT2D eigenvalue weighted by Gasteiger charge is -2.31. The minimum Gasteiger partial charge on any atom is -0.399 e. The third-order valence-electron chi connectivity index (χ3n) is 3.23. The first-order chi connectivity index (χ1) is 8.58. The summed E-state index contributed by atoms with van der Waals surface area (Å²) in [7, 11) is 1.81. The van der Waals surface area contributed by atoms with Crippen molar-refractivity contribution < 1.29 is 9.53 Å². The van der Waals surface area contributed by atoms with E-state index in [1.165, 1.54) is 0 Å². The number of benzene rings is 1. The molecule has 1 aliphatic heterocycles. The van der Waals surface area contributed by atoms with Crippen molar-refractivity contribution >= 4 is 23.2 Å². The Hall–Kier alpha value is -1.26. The number of amides is 1. The Morgan fingerprint density at radius 3 is 2.67 bits per heavy atom. The van der Waals surface area contributed by atoms with Crippen molar-refractivity contribution in [2.45, 2.75) is 18.9 Å². The summed E-state index contributed by atoms with van der Waals surface area (Å²) in [6.45, 7) is 1.42. The molecule has 1 saturated heterocycles. The van der Waals surface area contributed by atoms with Gasteiger partial charge in [0.15, 0.2) is 0 Å². The van der Waals surface area contributed by atoms with Gasteiger partial charge in [-0.05, 0) is 31.0 Å². The predicted octanol–water partition coefficient (Wildman–Crippen LogP) is 2.17. The van der Waals surface area contributed by atoms with E-state index in [1.54, 1.807) is 23.1 Å². The Bertz CT molecular complexity index is 424. The quantitative estimate of drug-likeness (QED) is 0.837. The molecule has 1 amide bonds. The van der Waals surface area contributed by atoms with Crippen LogP contribution in [0.2, 0.25) is 5.02 Å². The molecule has 0 bridgehead atoms. The van der Waals surface area contributed by atoms with Gasteiger partial charge in [0.1, 0.15) is 0 Å². The number of ether oxygens (including phenoxy) is 1. The highest BCUT2D eigenvalue weighted by molar-refractivity contribution is 6.31. The minimum absolute atomic E-state index is 0.0453. The lowest BCUT2D eigenvalue weighted by atomic mass is 10.1. The van der Waals surface area contributed by atoms with Crippen molar-refractivity contribution in [2.24, 2.45) is 0 Å². The van der Waals surface area contributed by atoms with E-state index in [9.17, 15) is 4.79 Å². The van der Waals surface area contributed by atoms with Crippen molar-refractivity contribution in [1.82, 2.24) is 4.90 Å². The largest absolute Gasteiger partial charge is 0.399 e. The van der Waals surface area contributed by atoms with E-state index in [0.717, 1.165) is 12.8 Å². The topological polar surface area (TPSA) is 55.6 Å². The second kappa shape index (κ2) is 5.59. The molecule has 1 aromatic carbocycles. The highest BCUT2D eigenvalue weighted by Crippen LogP contribution is 2.20. The summed E-state index contributed by atoms with van der Waals surface area (Å²) in [5.41, 5.74) is 6.74. The van der Waals surface area contributed by atoms with Crippen molar-refractivity contribution in [1.29, 1.82) is 0 Å². The maximum Gasteiger partial charge on any atom is 0.253 e. The second-order valence-corrected chi connectivity index (χ2v) is 4.97. The highest BCUT2D eigenvalue weighted by Gasteiger charge is 2.23. The zero-order valence-corrected chi connectivity index (χ0v) is 11.1. The molecule has 0 unspecified atom stereocenters. The number of carbonyl (C=O) groups is 1. The number of carbonyl (C=O) groups excluding carboxylic acids is 1. The van der Waals surface area contributed by atoms with Gasteiger partial charge in [-0.2, -0.15) is 0 Å². The predicted molar refractivity (Wildman–Crippen MR) is 71.8 cm³/mol. The molecule has 0 saturated carbocycles. The fraction of sp³-hybridized carbons (Fsp3) is 0.462. The zero-order chi connectivity index (χ0) is 13.1. The van der Waals surface area contributed by atoms with Crippen LogP contribution in [0.1, 0.15) is 23.2 Å². The highest BCUT2D eigenvalue weighted by atomic mass is 35.5. The van der Waals surface area contributed by atoms with E-state index in [2.05, 4.69) is 0 Å². The summed E-state index contributed by atoms with van der Waals surface area (Å²) in [4.78, 5) is 14.1. The Morgan fingerprint density at radius 1 is 1.39 bits per heavy atom. The van der Waals surface area contributed by atoms with E-state index < -0.39 is 0 Å². The molecule has 0 aliphatic carbocycles. The van der Waals surface area contributed by atoms with E-state index in [4.69, 9.17) is 22.1 Å². The van der Waals surface area contributed by atoms with Gasteiger partial charge in [-0.15, -0.1) is 0 Å². The fourth-order valence-corrected chi connectivity index (χ4v) is 2.42. The number of anilines is 1. The third-order valence-corrected chi connectivity index (χ3v) is 3.44. The maximum absolute atomic E-state index is 12.3. The van der Waals surface area contributed by atoms with Crippen LogP contribution in [0.25, 0.3) is 0 Å². The first-order valence-corrected chi connectivity index (χ1v) is 6.36. The van der Waals surface area contributed by atoms with Crippen molar-refractivity contribution in [3.63, 3.8) is 0 Å². The molecule has 2 rings (SSSR count). The number of nitrogens with zero attached hydrogens (tertiary/aromatic N) is 1. The Morgan fingerprint density at radius 2 is 2.06 bits per heavy atom. The van der Waals surface area contributed by atoms with Crippen LogP contribution in [0.5, 0.6) is 0 Å². The van der Waals surface area contributed by atoms with Crippen LogP contribution in [0.4, 0.5) is 5.69 Å². The monoisotopic (exact) mass is 268 g/mol. The summed E-state index contributed by atoms with van der Waals surface area (Å²) in [6, 6.07) is 5.17. The van der Waals surface area contributed by atoms with E-state index in [1.807, 2.05) is 7.05 Å². The van der Waals surface area contributed by atoms with Gasteiger partial charge in [-0.25, -0.2) is 0 Å². The number of hydrogen-bond donors (Lipinski definition) is 1.